The number of fused-ring (bicyclic) bond motifs is 1. The summed E-state index contributed by atoms with van der Waals surface area (Å²) in [5.74, 6) is -4.77. The average molecular weight is 681 g/mol. The molecule has 0 aliphatic carbocycles. The van der Waals surface area contributed by atoms with Gasteiger partial charge in [-0.3, -0.25) is 14.5 Å². The molecule has 2 aromatic heterocycles. The lowest BCUT2D eigenvalue weighted by Gasteiger charge is -2.49. The number of carbonyl (C=O) groups excluding carboxylic acids is 2. The zero-order valence-electron chi connectivity index (χ0n) is 25.1. The van der Waals surface area contributed by atoms with E-state index < -0.39 is 40.5 Å². The largest absolute Gasteiger partial charge is 0.504 e. The number of aromatic nitrogens is 2. The Kier molecular flexibility index (Phi) is 9.35. The summed E-state index contributed by atoms with van der Waals surface area (Å²) in [5.41, 5.74) is 5.74. The molecule has 1 saturated heterocycles. The van der Waals surface area contributed by atoms with Crippen LogP contribution in [0, 0.1) is 5.92 Å². The number of Topliss-reactive ketones (excluding diaryl/α,β-unsaturated/α-hetero) is 1. The van der Waals surface area contributed by atoms with Crippen molar-refractivity contribution < 1.29 is 49.0 Å². The van der Waals surface area contributed by atoms with E-state index in [-0.39, 0.29) is 45.9 Å². The van der Waals surface area contributed by atoms with E-state index in [1.54, 1.807) is 22.9 Å². The molecule has 244 valence electrons. The summed E-state index contributed by atoms with van der Waals surface area (Å²) in [6.07, 6.45) is 6.12. The van der Waals surface area contributed by atoms with Crippen LogP contribution in [0.3, 0.4) is 0 Å². The quantitative estimate of drug-likeness (QED) is 0.0807. The monoisotopic (exact) mass is 680 g/mol. The number of thiazole rings is 1. The number of aliphatic carboxylic acids is 2. The highest BCUT2D eigenvalue weighted by atomic mass is 32.2. The first-order valence-electron chi connectivity index (χ1n) is 14.1. The lowest BCUT2D eigenvalue weighted by Crippen LogP contribution is -2.62. The van der Waals surface area contributed by atoms with Crippen LogP contribution in [0.1, 0.15) is 37.1 Å². The smallest absolute Gasteiger partial charge is 0.352 e. The minimum Gasteiger partial charge on any atom is -0.504 e. The maximum absolute atomic E-state index is 13.4. The van der Waals surface area contributed by atoms with Gasteiger partial charge in [-0.15, -0.1) is 23.1 Å². The number of ketones is 1. The zero-order valence-corrected chi connectivity index (χ0v) is 26.7. The van der Waals surface area contributed by atoms with Crippen molar-refractivity contribution in [3.63, 3.8) is 0 Å². The number of thioether (sulfide) groups is 1. The highest BCUT2D eigenvalue weighted by Crippen LogP contribution is 2.45. The van der Waals surface area contributed by atoms with E-state index in [0.717, 1.165) is 22.5 Å². The molecule has 6 N–H and O–H groups in total. The Bertz CT molecular complexity index is 1850. The summed E-state index contributed by atoms with van der Waals surface area (Å²) in [5, 5.41) is 43.4. The lowest BCUT2D eigenvalue weighted by molar-refractivity contribution is -0.688. The molecule has 1 amide bonds. The SMILES string of the molecule is CC(C)(O/N=C(\C(=O)C[C@@H]1C(=O)N2C(C(=O)O)=C(/C=C\c3ccc(C[n+]4ccc(O)c(O)c4)cc3)CS[C@H]12)c1csc(N)n1)C(=O)O. The average Bonchev–Trinajstić information content (AvgIpc) is 3.46. The van der Waals surface area contributed by atoms with E-state index >= 15 is 0 Å². The van der Waals surface area contributed by atoms with Gasteiger partial charge in [-0.05, 0) is 25.0 Å². The summed E-state index contributed by atoms with van der Waals surface area (Å²) >= 11 is 2.37. The molecule has 4 heterocycles. The molecule has 0 saturated carbocycles. The first kappa shape index (κ1) is 33.2. The third-order valence-corrected chi connectivity index (χ3v) is 9.45. The number of carboxylic acid groups (broad SMARTS) is 2. The number of anilines is 1. The fourth-order valence-electron chi connectivity index (χ4n) is 4.80. The van der Waals surface area contributed by atoms with Crippen molar-refractivity contribution in [1.82, 2.24) is 9.88 Å². The van der Waals surface area contributed by atoms with Gasteiger partial charge in [0.25, 0.3) is 0 Å². The normalized spacial score (nSPS) is 18.2. The number of carboxylic acids is 2. The Morgan fingerprint density at radius 3 is 2.49 bits per heavy atom. The number of nitrogen functional groups attached to an aromatic ring is 1. The van der Waals surface area contributed by atoms with Gasteiger partial charge in [0.05, 0.1) is 11.3 Å². The maximum atomic E-state index is 13.4. The molecule has 0 spiro atoms. The predicted octanol–water partition coefficient (Wildman–Crippen LogP) is 2.60. The molecule has 2 aliphatic heterocycles. The first-order chi connectivity index (χ1) is 22.2. The molecule has 3 aromatic rings. The van der Waals surface area contributed by atoms with Crippen LogP contribution in [-0.2, 0) is 30.6 Å². The number of nitrogens with two attached hydrogens (primary N) is 1. The fourth-order valence-corrected chi connectivity index (χ4v) is 6.73. The maximum Gasteiger partial charge on any atom is 0.352 e. The van der Waals surface area contributed by atoms with E-state index in [9.17, 15) is 39.6 Å². The molecule has 5 rings (SSSR count). The number of oxime groups is 1. The Hall–Kier alpha value is -5.22. The van der Waals surface area contributed by atoms with Crippen molar-refractivity contribution in [2.75, 3.05) is 11.5 Å². The first-order valence-corrected chi connectivity index (χ1v) is 16.0. The fraction of sp³-hybridized carbons (Fsp3) is 0.258. The van der Waals surface area contributed by atoms with Crippen LogP contribution in [0.2, 0.25) is 0 Å². The molecule has 0 bridgehead atoms. The standard InChI is InChI=1S/C31H29N5O9S2/c1-31(2,29(43)44)45-34-24(20-15-47-30(32)33-20)22(38)11-19-26(40)36-25(28(41)42)18(14-46-27(19)36)8-7-16-3-5-17(6-4-16)12-35-10-9-21(37)23(39)13-35/h3-10,13,15,19,27H,11-12,14H2,1-2H3,(H5,32,33,39,41,42,43,44)/p+1/b8-7-,34-24-/t19-,27-/m1/s1. The van der Waals surface area contributed by atoms with E-state index in [0.29, 0.717) is 12.1 Å². The third-order valence-electron chi connectivity index (χ3n) is 7.42. The number of β-lactam (4-membered cyclic amide) rings is 1. The number of nitrogens with zero attached hydrogens (tertiary/aromatic N) is 4. The molecule has 16 heteroatoms. The minimum absolute atomic E-state index is 0.0728. The van der Waals surface area contributed by atoms with Gasteiger partial charge in [0.2, 0.25) is 23.5 Å². The van der Waals surface area contributed by atoms with Crippen molar-refractivity contribution in [2.24, 2.45) is 11.1 Å². The number of aromatic hydroxyl groups is 2. The van der Waals surface area contributed by atoms with Crippen LogP contribution >= 0.6 is 23.1 Å². The molecule has 0 radical (unpaired) electrons. The second-order valence-corrected chi connectivity index (χ2v) is 13.2. The predicted molar refractivity (Wildman–Crippen MR) is 171 cm³/mol. The van der Waals surface area contributed by atoms with Crippen LogP contribution in [0.4, 0.5) is 5.13 Å². The number of benzene rings is 1. The summed E-state index contributed by atoms with van der Waals surface area (Å²) in [4.78, 5) is 60.9. The second kappa shape index (κ2) is 13.3. The molecular weight excluding hydrogens is 651 g/mol. The Balaban J connectivity index is 1.29. The van der Waals surface area contributed by atoms with Crippen LogP contribution < -0.4 is 10.3 Å². The van der Waals surface area contributed by atoms with E-state index in [4.69, 9.17) is 10.6 Å². The molecule has 2 aliphatic rings. The van der Waals surface area contributed by atoms with Crippen molar-refractivity contribution in [1.29, 1.82) is 0 Å². The van der Waals surface area contributed by atoms with Crippen LogP contribution in [0.5, 0.6) is 11.5 Å². The number of hydrogen-bond donors (Lipinski definition) is 5. The minimum atomic E-state index is -1.75. The van der Waals surface area contributed by atoms with E-state index in [2.05, 4.69) is 10.1 Å². The number of rotatable bonds is 12. The number of carbonyl (C=O) groups is 4. The molecule has 0 unspecified atom stereocenters. The zero-order chi connectivity index (χ0) is 34.0. The highest BCUT2D eigenvalue weighted by molar-refractivity contribution is 8.00. The molecule has 47 heavy (non-hydrogen) atoms. The van der Waals surface area contributed by atoms with Crippen LogP contribution in [-0.4, -0.2) is 76.4 Å². The number of hydrogen-bond acceptors (Lipinski definition) is 12. The molecule has 2 atom stereocenters. The Morgan fingerprint density at radius 2 is 1.87 bits per heavy atom. The number of pyridine rings is 1. The summed E-state index contributed by atoms with van der Waals surface area (Å²) in [6, 6.07) is 8.83. The Morgan fingerprint density at radius 1 is 1.15 bits per heavy atom. The van der Waals surface area contributed by atoms with Crippen molar-refractivity contribution in [2.45, 2.75) is 37.8 Å². The van der Waals surface area contributed by atoms with Gasteiger partial charge in [-0.25, -0.2) is 14.6 Å². The van der Waals surface area contributed by atoms with Crippen molar-refractivity contribution >= 4 is 63.6 Å². The Labute approximate surface area is 276 Å². The third kappa shape index (κ3) is 7.12. The molecule has 14 nitrogen and oxygen atoms in total. The summed E-state index contributed by atoms with van der Waals surface area (Å²) in [7, 11) is 0. The number of allylic oxidation sites excluding steroid dienone is 1. The van der Waals surface area contributed by atoms with Crippen molar-refractivity contribution in [3.8, 4) is 11.5 Å². The van der Waals surface area contributed by atoms with Crippen LogP contribution in [0.25, 0.3) is 6.08 Å². The van der Waals surface area contributed by atoms with Gasteiger partial charge in [-0.2, -0.15) is 4.57 Å². The van der Waals surface area contributed by atoms with E-state index in [1.807, 2.05) is 24.3 Å². The van der Waals surface area contributed by atoms with Crippen molar-refractivity contribution in [3.05, 3.63) is 82.3 Å². The van der Waals surface area contributed by atoms with E-state index in [1.165, 1.54) is 48.2 Å². The van der Waals surface area contributed by atoms with Gasteiger partial charge in [0.1, 0.15) is 11.4 Å². The van der Waals surface area contributed by atoms with Gasteiger partial charge in [0.15, 0.2) is 35.1 Å². The van der Waals surface area contributed by atoms with Gasteiger partial charge < -0.3 is 31.0 Å². The molecule has 1 fully saturated rings. The van der Waals surface area contributed by atoms with Gasteiger partial charge >= 0.3 is 11.9 Å². The summed E-state index contributed by atoms with van der Waals surface area (Å²) < 4.78 is 1.71. The lowest BCUT2D eigenvalue weighted by atomic mass is 9.89. The molecular formula is C31H30N5O9S2+. The number of amides is 1. The summed E-state index contributed by atoms with van der Waals surface area (Å²) in [6.45, 7) is 2.97. The topological polar surface area (TPSA) is 217 Å². The van der Waals surface area contributed by atoms with Gasteiger partial charge in [-0.1, -0.05) is 41.6 Å². The second-order valence-electron chi connectivity index (χ2n) is 11.2. The highest BCUT2D eigenvalue weighted by Gasteiger charge is 2.54. The van der Waals surface area contributed by atoms with Crippen LogP contribution in [0.15, 0.2) is 70.6 Å². The van der Waals surface area contributed by atoms with Gasteiger partial charge in [0, 0.05) is 29.2 Å². The molecule has 1 aromatic carbocycles.